The predicted octanol–water partition coefficient (Wildman–Crippen LogP) is 5.77. The first-order valence-corrected chi connectivity index (χ1v) is 8.32. The van der Waals surface area contributed by atoms with Gasteiger partial charge in [-0.25, -0.2) is 0 Å². The van der Waals surface area contributed by atoms with E-state index in [0.717, 1.165) is 35.5 Å². The number of unbranched alkanes of at least 4 members (excludes halogenated alkanes) is 7. The number of aliphatic hydroxyl groups is 1. The quantitative estimate of drug-likeness (QED) is 0.552. The lowest BCUT2D eigenvalue weighted by atomic mass is 9.99. The molecule has 20 heavy (non-hydrogen) atoms. The van der Waals surface area contributed by atoms with Crippen LogP contribution in [0, 0.1) is 20.8 Å². The van der Waals surface area contributed by atoms with Crippen molar-refractivity contribution < 1.29 is 9.52 Å². The normalized spacial score (nSPS) is 12.8. The molecule has 2 heteroatoms. The third-order valence-electron chi connectivity index (χ3n) is 4.28. The van der Waals surface area contributed by atoms with E-state index in [-0.39, 0.29) is 6.10 Å². The molecule has 0 bridgehead atoms. The molecular formula is C18H32O2. The van der Waals surface area contributed by atoms with Crippen LogP contribution in [0.25, 0.3) is 0 Å². The number of aliphatic hydroxyl groups excluding tert-OH is 1. The third-order valence-corrected chi connectivity index (χ3v) is 4.28. The SMILES string of the molecule is CCCCCCCCCCC(O)c1c(C)oc(C)c1C. The lowest BCUT2D eigenvalue weighted by Crippen LogP contribution is -2.00. The van der Waals surface area contributed by atoms with E-state index in [0.29, 0.717) is 0 Å². The largest absolute Gasteiger partial charge is 0.466 e. The van der Waals surface area contributed by atoms with Crippen molar-refractivity contribution in [2.24, 2.45) is 0 Å². The fraction of sp³-hybridized carbons (Fsp3) is 0.778. The lowest BCUT2D eigenvalue weighted by molar-refractivity contribution is 0.161. The first-order chi connectivity index (χ1) is 9.57. The Balaban J connectivity index is 2.19. The van der Waals surface area contributed by atoms with Crippen LogP contribution in [-0.2, 0) is 0 Å². The monoisotopic (exact) mass is 280 g/mol. The fourth-order valence-electron chi connectivity index (χ4n) is 2.92. The fourth-order valence-corrected chi connectivity index (χ4v) is 2.92. The summed E-state index contributed by atoms with van der Waals surface area (Å²) >= 11 is 0. The smallest absolute Gasteiger partial charge is 0.107 e. The summed E-state index contributed by atoms with van der Waals surface area (Å²) in [6.07, 6.45) is 10.9. The van der Waals surface area contributed by atoms with Crippen LogP contribution in [0.4, 0.5) is 0 Å². The summed E-state index contributed by atoms with van der Waals surface area (Å²) in [5, 5.41) is 10.3. The molecule has 1 heterocycles. The van der Waals surface area contributed by atoms with Gasteiger partial charge in [-0.3, -0.25) is 0 Å². The van der Waals surface area contributed by atoms with Crippen LogP contribution in [0.15, 0.2) is 4.42 Å². The molecule has 116 valence electrons. The van der Waals surface area contributed by atoms with Crippen LogP contribution in [-0.4, -0.2) is 5.11 Å². The van der Waals surface area contributed by atoms with Crippen molar-refractivity contribution in [3.05, 3.63) is 22.6 Å². The molecule has 0 radical (unpaired) electrons. The zero-order valence-electron chi connectivity index (χ0n) is 13.8. The number of rotatable bonds is 10. The molecule has 0 spiro atoms. The standard InChI is InChI=1S/C18H32O2/c1-5-6-7-8-9-10-11-12-13-17(19)18-14(2)15(3)20-16(18)4/h17,19H,5-13H2,1-4H3. The van der Waals surface area contributed by atoms with Crippen molar-refractivity contribution in [2.45, 2.75) is 91.6 Å². The highest BCUT2D eigenvalue weighted by Crippen LogP contribution is 2.30. The minimum absolute atomic E-state index is 0.354. The highest BCUT2D eigenvalue weighted by atomic mass is 16.3. The molecule has 1 aromatic heterocycles. The molecule has 0 saturated carbocycles. The van der Waals surface area contributed by atoms with E-state index in [1.807, 2.05) is 20.8 Å². The van der Waals surface area contributed by atoms with Crippen molar-refractivity contribution in [2.75, 3.05) is 0 Å². The highest BCUT2D eigenvalue weighted by Gasteiger charge is 2.18. The topological polar surface area (TPSA) is 33.4 Å². The minimum atomic E-state index is -0.354. The van der Waals surface area contributed by atoms with Crippen molar-refractivity contribution >= 4 is 0 Å². The molecule has 0 aliphatic heterocycles. The van der Waals surface area contributed by atoms with Gasteiger partial charge in [0.25, 0.3) is 0 Å². The summed E-state index contributed by atoms with van der Waals surface area (Å²) in [6.45, 7) is 8.21. The summed E-state index contributed by atoms with van der Waals surface area (Å²) < 4.78 is 5.59. The van der Waals surface area contributed by atoms with E-state index in [9.17, 15) is 5.11 Å². The van der Waals surface area contributed by atoms with Gasteiger partial charge >= 0.3 is 0 Å². The molecule has 0 amide bonds. The van der Waals surface area contributed by atoms with Crippen LogP contribution in [0.1, 0.15) is 93.5 Å². The zero-order chi connectivity index (χ0) is 15.0. The summed E-state index contributed by atoms with van der Waals surface area (Å²) in [4.78, 5) is 0. The van der Waals surface area contributed by atoms with Crippen molar-refractivity contribution in [3.63, 3.8) is 0 Å². The van der Waals surface area contributed by atoms with E-state index in [1.165, 1.54) is 44.9 Å². The molecule has 0 fully saturated rings. The van der Waals surface area contributed by atoms with Gasteiger partial charge in [0, 0.05) is 5.56 Å². The van der Waals surface area contributed by atoms with E-state index >= 15 is 0 Å². The lowest BCUT2D eigenvalue weighted by Gasteiger charge is -2.11. The van der Waals surface area contributed by atoms with Gasteiger partial charge in [0.1, 0.15) is 11.5 Å². The van der Waals surface area contributed by atoms with Gasteiger partial charge in [-0.15, -0.1) is 0 Å². The molecule has 1 N–H and O–H groups in total. The maximum atomic E-state index is 10.3. The average Bonchev–Trinajstić information content (AvgIpc) is 2.66. The molecule has 1 rings (SSSR count). The Morgan fingerprint density at radius 3 is 1.90 bits per heavy atom. The molecular weight excluding hydrogens is 248 g/mol. The molecule has 0 aliphatic carbocycles. The van der Waals surface area contributed by atoms with Crippen molar-refractivity contribution in [3.8, 4) is 0 Å². The Hall–Kier alpha value is -0.760. The number of hydrogen-bond acceptors (Lipinski definition) is 2. The van der Waals surface area contributed by atoms with Crippen LogP contribution in [0.2, 0.25) is 0 Å². The zero-order valence-corrected chi connectivity index (χ0v) is 13.8. The second-order valence-corrected chi connectivity index (χ2v) is 6.03. The number of furan rings is 1. The van der Waals surface area contributed by atoms with Gasteiger partial charge in [-0.2, -0.15) is 0 Å². The van der Waals surface area contributed by atoms with Gasteiger partial charge < -0.3 is 9.52 Å². The van der Waals surface area contributed by atoms with Gasteiger partial charge in [0.15, 0.2) is 0 Å². The highest BCUT2D eigenvalue weighted by molar-refractivity contribution is 5.33. The minimum Gasteiger partial charge on any atom is -0.466 e. The molecule has 1 atom stereocenters. The first-order valence-electron chi connectivity index (χ1n) is 8.32. The van der Waals surface area contributed by atoms with Crippen molar-refractivity contribution in [1.82, 2.24) is 0 Å². The Bertz CT molecular complexity index is 379. The number of hydrogen-bond donors (Lipinski definition) is 1. The van der Waals surface area contributed by atoms with Gasteiger partial charge in [-0.05, 0) is 32.8 Å². The molecule has 0 saturated heterocycles. The second-order valence-electron chi connectivity index (χ2n) is 6.03. The third kappa shape index (κ3) is 5.32. The van der Waals surface area contributed by atoms with Gasteiger partial charge in [-0.1, -0.05) is 58.3 Å². The Labute approximate surface area is 124 Å². The summed E-state index contributed by atoms with van der Waals surface area (Å²) in [7, 11) is 0. The van der Waals surface area contributed by atoms with E-state index in [1.54, 1.807) is 0 Å². The van der Waals surface area contributed by atoms with Gasteiger partial charge in [0.2, 0.25) is 0 Å². The Morgan fingerprint density at radius 2 is 1.40 bits per heavy atom. The van der Waals surface area contributed by atoms with Crippen LogP contribution in [0.3, 0.4) is 0 Å². The Kier molecular flexibility index (Phi) is 7.98. The first kappa shape index (κ1) is 17.3. The second kappa shape index (κ2) is 9.23. The maximum absolute atomic E-state index is 10.3. The predicted molar refractivity (Wildman–Crippen MR) is 85.1 cm³/mol. The molecule has 1 unspecified atom stereocenters. The van der Waals surface area contributed by atoms with E-state index in [2.05, 4.69) is 6.92 Å². The average molecular weight is 280 g/mol. The van der Waals surface area contributed by atoms with E-state index < -0.39 is 0 Å². The van der Waals surface area contributed by atoms with Crippen LogP contribution < -0.4 is 0 Å². The summed E-state index contributed by atoms with van der Waals surface area (Å²) in [6, 6.07) is 0. The molecule has 1 aromatic rings. The summed E-state index contributed by atoms with van der Waals surface area (Å²) in [5.41, 5.74) is 2.14. The Morgan fingerprint density at radius 1 is 0.850 bits per heavy atom. The maximum Gasteiger partial charge on any atom is 0.107 e. The van der Waals surface area contributed by atoms with E-state index in [4.69, 9.17) is 4.42 Å². The molecule has 0 aromatic carbocycles. The number of aryl methyl sites for hydroxylation is 2. The van der Waals surface area contributed by atoms with Gasteiger partial charge in [0.05, 0.1) is 6.10 Å². The van der Waals surface area contributed by atoms with Crippen LogP contribution >= 0.6 is 0 Å². The van der Waals surface area contributed by atoms with Crippen LogP contribution in [0.5, 0.6) is 0 Å². The van der Waals surface area contributed by atoms with Crippen molar-refractivity contribution in [1.29, 1.82) is 0 Å². The molecule has 0 aliphatic rings. The summed E-state index contributed by atoms with van der Waals surface area (Å²) in [5.74, 6) is 1.82. The molecule has 2 nitrogen and oxygen atoms in total.